The molecule has 0 unspecified atom stereocenters. The summed E-state index contributed by atoms with van der Waals surface area (Å²) in [6.45, 7) is 0.459. The molecule has 0 aromatic heterocycles. The molecule has 0 saturated carbocycles. The fourth-order valence-corrected chi connectivity index (χ4v) is 5.07. The second-order valence-electron chi connectivity index (χ2n) is 8.97. The monoisotopic (exact) mass is 516 g/mol. The van der Waals surface area contributed by atoms with E-state index in [2.05, 4.69) is 0 Å². The average molecular weight is 517 g/mol. The largest absolute Gasteiger partial charge is 0.493 e. The fraction of sp³-hybridized carbons (Fsp3) is 0.321. The van der Waals surface area contributed by atoms with Gasteiger partial charge in [0.15, 0.2) is 11.5 Å². The van der Waals surface area contributed by atoms with Gasteiger partial charge in [0, 0.05) is 12.6 Å². The van der Waals surface area contributed by atoms with Crippen LogP contribution in [0.5, 0.6) is 11.5 Å². The molecule has 2 N–H and O–H groups in total. The molecule has 0 saturated heterocycles. The van der Waals surface area contributed by atoms with Crippen molar-refractivity contribution in [3.63, 3.8) is 0 Å². The summed E-state index contributed by atoms with van der Waals surface area (Å²) >= 11 is 0. The number of fused-ring (bicyclic) bond motifs is 1. The Morgan fingerprint density at radius 2 is 1.73 bits per heavy atom. The molecule has 3 aromatic carbocycles. The van der Waals surface area contributed by atoms with E-state index in [1.165, 1.54) is 14.2 Å². The number of primary amides is 1. The molecular weight excluding hydrogens is 488 g/mol. The van der Waals surface area contributed by atoms with E-state index in [0.29, 0.717) is 30.0 Å². The van der Waals surface area contributed by atoms with Gasteiger partial charge >= 0.3 is 6.18 Å². The van der Waals surface area contributed by atoms with Crippen molar-refractivity contribution in [1.29, 1.82) is 0 Å². The number of ether oxygens (including phenoxy) is 2. The lowest BCUT2D eigenvalue weighted by Gasteiger charge is -2.41. The molecule has 37 heavy (non-hydrogen) atoms. The van der Waals surface area contributed by atoms with Gasteiger partial charge in [0.05, 0.1) is 19.8 Å². The minimum atomic E-state index is -4.58. The fourth-order valence-electron chi connectivity index (χ4n) is 5.07. The molecule has 1 heterocycles. The zero-order chi connectivity index (χ0) is 26.7. The minimum Gasteiger partial charge on any atom is -0.493 e. The summed E-state index contributed by atoms with van der Waals surface area (Å²) in [7, 11) is 3.04. The van der Waals surface area contributed by atoms with E-state index in [4.69, 9.17) is 15.2 Å². The molecule has 1 amide bonds. The van der Waals surface area contributed by atoms with Gasteiger partial charge in [0.2, 0.25) is 5.91 Å². The van der Waals surface area contributed by atoms with Crippen LogP contribution < -0.4 is 15.2 Å². The van der Waals surface area contributed by atoms with Crippen LogP contribution in [0.1, 0.15) is 46.3 Å². The normalized spacial score (nSPS) is 16.6. The Hall–Kier alpha value is -3.59. The van der Waals surface area contributed by atoms with E-state index < -0.39 is 35.5 Å². The highest BCUT2D eigenvalue weighted by molar-refractivity contribution is 5.81. The number of carbonyl (C=O) groups excluding carboxylic acids is 1. The van der Waals surface area contributed by atoms with Crippen LogP contribution in [0.3, 0.4) is 0 Å². The van der Waals surface area contributed by atoms with Gasteiger partial charge in [-0.15, -0.1) is 0 Å². The predicted molar refractivity (Wildman–Crippen MR) is 131 cm³/mol. The Morgan fingerprint density at radius 3 is 2.35 bits per heavy atom. The molecule has 5 nitrogen and oxygen atoms in total. The number of hydrogen-bond donors (Lipinski definition) is 1. The van der Waals surface area contributed by atoms with Crippen molar-refractivity contribution in [2.24, 2.45) is 5.73 Å². The third kappa shape index (κ3) is 5.56. The lowest BCUT2D eigenvalue weighted by molar-refractivity contribution is -0.137. The summed E-state index contributed by atoms with van der Waals surface area (Å²) in [6.07, 6.45) is -3.73. The van der Waals surface area contributed by atoms with E-state index in [1.807, 2.05) is 47.4 Å². The molecule has 0 radical (unpaired) electrons. The van der Waals surface area contributed by atoms with Gasteiger partial charge < -0.3 is 15.2 Å². The first-order valence-electron chi connectivity index (χ1n) is 11.8. The Kier molecular flexibility index (Phi) is 7.73. The van der Waals surface area contributed by atoms with E-state index in [9.17, 15) is 22.4 Å². The van der Waals surface area contributed by atoms with Crippen molar-refractivity contribution in [2.45, 2.75) is 37.5 Å². The van der Waals surface area contributed by atoms with Gasteiger partial charge in [-0.05, 0) is 71.8 Å². The smallest absolute Gasteiger partial charge is 0.416 e. The van der Waals surface area contributed by atoms with Crippen molar-refractivity contribution in [2.75, 3.05) is 20.8 Å². The van der Waals surface area contributed by atoms with Gasteiger partial charge in [-0.3, -0.25) is 9.69 Å². The van der Waals surface area contributed by atoms with Crippen molar-refractivity contribution in [3.8, 4) is 11.5 Å². The van der Waals surface area contributed by atoms with Crippen molar-refractivity contribution >= 4 is 5.91 Å². The van der Waals surface area contributed by atoms with E-state index in [1.54, 1.807) is 0 Å². The highest BCUT2D eigenvalue weighted by atomic mass is 19.4. The third-order valence-electron chi connectivity index (χ3n) is 6.82. The summed E-state index contributed by atoms with van der Waals surface area (Å²) in [5.41, 5.74) is 7.41. The quantitative estimate of drug-likeness (QED) is 0.395. The molecule has 196 valence electrons. The molecule has 1 aliphatic heterocycles. The van der Waals surface area contributed by atoms with Crippen molar-refractivity contribution < 1.29 is 31.8 Å². The Balaban J connectivity index is 1.77. The molecule has 4 rings (SSSR count). The highest BCUT2D eigenvalue weighted by Crippen LogP contribution is 2.43. The van der Waals surface area contributed by atoms with Crippen LogP contribution in [0, 0.1) is 5.82 Å². The first-order chi connectivity index (χ1) is 17.6. The maximum Gasteiger partial charge on any atom is 0.416 e. The molecule has 0 bridgehead atoms. The van der Waals surface area contributed by atoms with Crippen LogP contribution in [-0.4, -0.2) is 31.6 Å². The number of halogens is 4. The van der Waals surface area contributed by atoms with Crippen LogP contribution >= 0.6 is 0 Å². The summed E-state index contributed by atoms with van der Waals surface area (Å²) in [4.78, 5) is 14.7. The number of rotatable bonds is 8. The van der Waals surface area contributed by atoms with Crippen molar-refractivity contribution in [1.82, 2.24) is 4.90 Å². The number of nitrogens with two attached hydrogens (primary N) is 1. The van der Waals surface area contributed by atoms with E-state index in [-0.39, 0.29) is 18.4 Å². The third-order valence-corrected chi connectivity index (χ3v) is 6.82. The average Bonchev–Trinajstić information content (AvgIpc) is 2.87. The first-order valence-corrected chi connectivity index (χ1v) is 11.8. The molecule has 2 atom stereocenters. The van der Waals surface area contributed by atoms with Crippen LogP contribution in [0.15, 0.2) is 60.7 Å². The lowest BCUT2D eigenvalue weighted by atomic mass is 9.86. The second kappa shape index (κ2) is 10.8. The van der Waals surface area contributed by atoms with Gasteiger partial charge in [0.25, 0.3) is 0 Å². The van der Waals surface area contributed by atoms with Crippen LogP contribution in [0.25, 0.3) is 0 Å². The number of alkyl halides is 3. The maximum atomic E-state index is 14.6. The van der Waals surface area contributed by atoms with Crippen LogP contribution in [0.4, 0.5) is 17.6 Å². The number of methoxy groups -OCH3 is 2. The van der Waals surface area contributed by atoms with Gasteiger partial charge in [0.1, 0.15) is 11.9 Å². The second-order valence-corrected chi connectivity index (χ2v) is 8.97. The predicted octanol–water partition coefficient (Wildman–Crippen LogP) is 5.62. The standard InChI is InChI=1S/C28H28F4N2O3/c1-36-24-15-18-12-13-34(26(27(33)35)17-6-4-3-5-7-17)23(21(18)16-25(24)37-2)11-8-19-14-20(28(30,31)32)9-10-22(19)29/h3-7,9-10,14-16,23,26H,8,11-13H2,1-2H3,(H2,33,35)/t23-,26+/m0/s1. The number of carbonyl (C=O) groups is 1. The topological polar surface area (TPSA) is 64.8 Å². The summed E-state index contributed by atoms with van der Waals surface area (Å²) in [5.74, 6) is -0.233. The molecule has 0 fully saturated rings. The van der Waals surface area contributed by atoms with Crippen molar-refractivity contribution in [3.05, 3.63) is 94.3 Å². The molecule has 9 heteroatoms. The number of nitrogens with zero attached hydrogens (tertiary/aromatic N) is 1. The van der Waals surface area contributed by atoms with Gasteiger partial charge in [-0.2, -0.15) is 13.2 Å². The minimum absolute atomic E-state index is 0.0188. The first kappa shape index (κ1) is 26.5. The molecule has 0 aliphatic carbocycles. The number of hydrogen-bond acceptors (Lipinski definition) is 4. The molecular formula is C28H28F4N2O3. The van der Waals surface area contributed by atoms with Crippen LogP contribution in [0.2, 0.25) is 0 Å². The van der Waals surface area contributed by atoms with E-state index in [0.717, 1.165) is 29.3 Å². The van der Waals surface area contributed by atoms with Gasteiger partial charge in [-0.1, -0.05) is 30.3 Å². The Morgan fingerprint density at radius 1 is 1.05 bits per heavy atom. The van der Waals surface area contributed by atoms with Crippen LogP contribution in [-0.2, 0) is 23.8 Å². The number of aryl methyl sites for hydroxylation is 1. The number of benzene rings is 3. The summed E-state index contributed by atoms with van der Waals surface area (Å²) in [6, 6.07) is 13.9. The summed E-state index contributed by atoms with van der Waals surface area (Å²) < 4.78 is 65.4. The number of amides is 1. The van der Waals surface area contributed by atoms with E-state index >= 15 is 0 Å². The highest BCUT2D eigenvalue weighted by Gasteiger charge is 2.37. The Labute approximate surface area is 212 Å². The Bertz CT molecular complexity index is 1260. The zero-order valence-corrected chi connectivity index (χ0v) is 20.5. The molecule has 3 aromatic rings. The molecule has 1 aliphatic rings. The SMILES string of the molecule is COc1cc2c(cc1OC)[C@H](CCc1cc(C(F)(F)F)ccc1F)N([C@@H](C(N)=O)c1ccccc1)CC2. The lowest BCUT2D eigenvalue weighted by Crippen LogP contribution is -2.44. The van der Waals surface area contributed by atoms with Gasteiger partial charge in [-0.25, -0.2) is 4.39 Å². The maximum absolute atomic E-state index is 14.6. The zero-order valence-electron chi connectivity index (χ0n) is 20.5. The summed E-state index contributed by atoms with van der Waals surface area (Å²) in [5, 5.41) is 0. The molecule has 0 spiro atoms.